The highest BCUT2D eigenvalue weighted by atomic mass is 32.1. The van der Waals surface area contributed by atoms with Crippen LogP contribution in [0.3, 0.4) is 0 Å². The number of rotatable bonds is 8. The van der Waals surface area contributed by atoms with Crippen molar-refractivity contribution in [1.29, 1.82) is 0 Å². The predicted molar refractivity (Wildman–Crippen MR) is 268 cm³/mol. The van der Waals surface area contributed by atoms with Crippen molar-refractivity contribution in [2.45, 2.75) is 24.7 Å². The standard InChI is InChI=1S/C61H44N2S/c1-60(2)53-26-16-15-25-50(53)51-36-35-49(39-54(51)60)63(47-31-27-42(28-32-47)41-17-7-3-8-18-41)48-33-29-44(30-34-48)59-57-56(58(64-59)43-19-9-4-10-20-43)52-37-38-62-40-55(52)61(57,45-21-11-5-12-22-45)46-23-13-6-14-24-46/h3-40H,1-2H3. The quantitative estimate of drug-likeness (QED) is 0.152. The van der Waals surface area contributed by atoms with Crippen molar-refractivity contribution >= 4 is 28.4 Å². The van der Waals surface area contributed by atoms with Crippen molar-refractivity contribution in [3.8, 4) is 54.3 Å². The molecule has 0 unspecified atom stereocenters. The highest BCUT2D eigenvalue weighted by Gasteiger charge is 2.50. The molecule has 0 radical (unpaired) electrons. The van der Waals surface area contributed by atoms with Crippen molar-refractivity contribution in [3.63, 3.8) is 0 Å². The van der Waals surface area contributed by atoms with E-state index in [9.17, 15) is 0 Å². The number of thiophene rings is 1. The van der Waals surface area contributed by atoms with Gasteiger partial charge in [0.25, 0.3) is 0 Å². The molecule has 12 rings (SSSR count). The van der Waals surface area contributed by atoms with Crippen LogP contribution in [0.1, 0.15) is 47.2 Å². The fourth-order valence-corrected chi connectivity index (χ4v) is 12.1. The zero-order valence-electron chi connectivity index (χ0n) is 35.7. The minimum absolute atomic E-state index is 0.123. The van der Waals surface area contributed by atoms with E-state index >= 15 is 0 Å². The molecule has 0 saturated carbocycles. The van der Waals surface area contributed by atoms with Gasteiger partial charge in [-0.25, -0.2) is 0 Å². The van der Waals surface area contributed by atoms with Gasteiger partial charge in [-0.3, -0.25) is 4.98 Å². The van der Waals surface area contributed by atoms with Crippen molar-refractivity contribution in [3.05, 3.63) is 264 Å². The van der Waals surface area contributed by atoms with Crippen LogP contribution in [0.2, 0.25) is 0 Å². The monoisotopic (exact) mass is 836 g/mol. The molecule has 0 atom stereocenters. The average Bonchev–Trinajstić information content (AvgIpc) is 3.98. The Balaban J connectivity index is 1.06. The van der Waals surface area contributed by atoms with Gasteiger partial charge in [-0.05, 0) is 115 Å². The largest absolute Gasteiger partial charge is 0.310 e. The maximum Gasteiger partial charge on any atom is 0.0743 e. The Morgan fingerprint density at radius 3 is 1.55 bits per heavy atom. The fourth-order valence-electron chi connectivity index (χ4n) is 10.7. The van der Waals surface area contributed by atoms with E-state index in [1.807, 2.05) is 17.5 Å². The molecule has 0 amide bonds. The first kappa shape index (κ1) is 38.1. The lowest BCUT2D eigenvalue weighted by Crippen LogP contribution is -2.28. The Hall–Kier alpha value is -7.59. The lowest BCUT2D eigenvalue weighted by molar-refractivity contribution is 0.660. The molecule has 8 aromatic carbocycles. The van der Waals surface area contributed by atoms with Crippen LogP contribution in [0, 0.1) is 0 Å². The Bertz CT molecular complexity index is 3280. The van der Waals surface area contributed by atoms with Crippen LogP contribution < -0.4 is 4.90 Å². The summed E-state index contributed by atoms with van der Waals surface area (Å²) in [5.74, 6) is 0. The molecule has 2 nitrogen and oxygen atoms in total. The summed E-state index contributed by atoms with van der Waals surface area (Å²) in [7, 11) is 0. The molecule has 0 spiro atoms. The van der Waals surface area contributed by atoms with E-state index in [2.05, 4.69) is 243 Å². The third-order valence-corrected chi connectivity index (χ3v) is 15.0. The molecule has 2 aromatic heterocycles. The summed E-state index contributed by atoms with van der Waals surface area (Å²) < 4.78 is 0. The molecule has 2 aliphatic carbocycles. The number of fused-ring (bicyclic) bond motifs is 6. The van der Waals surface area contributed by atoms with Gasteiger partial charge in [-0.1, -0.05) is 190 Å². The summed E-state index contributed by atoms with van der Waals surface area (Å²) in [6.07, 6.45) is 4.06. The van der Waals surface area contributed by atoms with E-state index in [0.29, 0.717) is 0 Å². The molecule has 2 heterocycles. The van der Waals surface area contributed by atoms with Crippen LogP contribution in [-0.4, -0.2) is 4.98 Å². The summed E-state index contributed by atoms with van der Waals surface area (Å²) in [6.45, 7) is 4.72. The van der Waals surface area contributed by atoms with Crippen molar-refractivity contribution in [2.75, 3.05) is 4.90 Å². The van der Waals surface area contributed by atoms with Gasteiger partial charge in [0.2, 0.25) is 0 Å². The third-order valence-electron chi connectivity index (χ3n) is 13.7. The smallest absolute Gasteiger partial charge is 0.0743 e. The van der Waals surface area contributed by atoms with Gasteiger partial charge in [-0.15, -0.1) is 11.3 Å². The Labute approximate surface area is 379 Å². The lowest BCUT2D eigenvalue weighted by atomic mass is 9.67. The third kappa shape index (κ3) is 5.81. The van der Waals surface area contributed by atoms with Crippen LogP contribution in [0.5, 0.6) is 0 Å². The average molecular weight is 837 g/mol. The van der Waals surface area contributed by atoms with Crippen LogP contribution in [0.4, 0.5) is 17.1 Å². The number of nitrogens with zero attached hydrogens (tertiary/aromatic N) is 2. The summed E-state index contributed by atoms with van der Waals surface area (Å²) in [5.41, 5.74) is 20.4. The minimum atomic E-state index is -0.583. The summed E-state index contributed by atoms with van der Waals surface area (Å²) >= 11 is 1.90. The molecule has 0 N–H and O–H groups in total. The van der Waals surface area contributed by atoms with Crippen molar-refractivity contribution < 1.29 is 0 Å². The second kappa shape index (κ2) is 15.0. The molecule has 2 aliphatic rings. The highest BCUT2D eigenvalue weighted by molar-refractivity contribution is 7.19. The topological polar surface area (TPSA) is 16.1 Å². The fraction of sp³-hybridized carbons (Fsp3) is 0.0656. The second-order valence-electron chi connectivity index (χ2n) is 17.5. The zero-order chi connectivity index (χ0) is 42.8. The summed E-state index contributed by atoms with van der Waals surface area (Å²) in [5, 5.41) is 0. The SMILES string of the molecule is CC1(C)c2ccccc2-c2ccc(N(c3ccc(-c4ccccc4)cc3)c3ccc(-c4sc(-c5ccccc5)c5c4C(c4ccccc4)(c4ccccc4)c4cnccc4-5)cc3)cc21. The summed E-state index contributed by atoms with van der Waals surface area (Å²) in [6, 6.07) is 80.2. The number of pyridine rings is 1. The van der Waals surface area contributed by atoms with Gasteiger partial charge in [-0.2, -0.15) is 0 Å². The van der Waals surface area contributed by atoms with Crippen LogP contribution >= 0.6 is 11.3 Å². The van der Waals surface area contributed by atoms with E-state index in [4.69, 9.17) is 4.98 Å². The van der Waals surface area contributed by atoms with Gasteiger partial charge in [0.15, 0.2) is 0 Å². The van der Waals surface area contributed by atoms with Crippen molar-refractivity contribution in [1.82, 2.24) is 4.98 Å². The molecule has 0 fully saturated rings. The maximum absolute atomic E-state index is 4.82. The van der Waals surface area contributed by atoms with Crippen LogP contribution in [0.25, 0.3) is 54.3 Å². The van der Waals surface area contributed by atoms with E-state index in [-0.39, 0.29) is 5.41 Å². The molecular formula is C61H44N2S. The first-order valence-corrected chi connectivity index (χ1v) is 22.9. The number of hydrogen-bond acceptors (Lipinski definition) is 3. The van der Waals surface area contributed by atoms with Gasteiger partial charge < -0.3 is 4.90 Å². The van der Waals surface area contributed by atoms with Crippen molar-refractivity contribution in [2.24, 2.45) is 0 Å². The van der Waals surface area contributed by atoms with E-state index in [0.717, 1.165) is 17.1 Å². The lowest BCUT2D eigenvalue weighted by Gasteiger charge is -2.34. The van der Waals surface area contributed by atoms with Crippen LogP contribution in [-0.2, 0) is 10.8 Å². The number of aromatic nitrogens is 1. The molecule has 10 aromatic rings. The number of benzene rings is 8. The first-order chi connectivity index (χ1) is 31.5. The second-order valence-corrected chi connectivity index (χ2v) is 18.5. The predicted octanol–water partition coefficient (Wildman–Crippen LogP) is 16.3. The summed E-state index contributed by atoms with van der Waals surface area (Å²) in [4.78, 5) is 9.78. The molecule has 64 heavy (non-hydrogen) atoms. The highest BCUT2D eigenvalue weighted by Crippen LogP contribution is 2.64. The van der Waals surface area contributed by atoms with E-state index in [1.54, 1.807) is 0 Å². The molecule has 0 bridgehead atoms. The number of anilines is 3. The van der Waals surface area contributed by atoms with Gasteiger partial charge in [0, 0.05) is 50.2 Å². The Morgan fingerprint density at radius 1 is 0.406 bits per heavy atom. The zero-order valence-corrected chi connectivity index (χ0v) is 36.6. The normalized spacial score (nSPS) is 13.7. The van der Waals surface area contributed by atoms with E-state index < -0.39 is 5.41 Å². The molecule has 3 heteroatoms. The van der Waals surface area contributed by atoms with Gasteiger partial charge in [0.1, 0.15) is 0 Å². The Kier molecular flexibility index (Phi) is 8.96. The minimum Gasteiger partial charge on any atom is -0.310 e. The number of hydrogen-bond donors (Lipinski definition) is 0. The van der Waals surface area contributed by atoms with E-state index in [1.165, 1.54) is 87.6 Å². The molecular weight excluding hydrogens is 793 g/mol. The molecule has 0 saturated heterocycles. The van der Waals surface area contributed by atoms with Crippen LogP contribution in [0.15, 0.2) is 231 Å². The molecule has 0 aliphatic heterocycles. The van der Waals surface area contributed by atoms with Gasteiger partial charge in [0.05, 0.1) is 5.41 Å². The maximum atomic E-state index is 4.82. The first-order valence-electron chi connectivity index (χ1n) is 22.1. The van der Waals surface area contributed by atoms with Gasteiger partial charge >= 0.3 is 0 Å². The Morgan fingerprint density at radius 2 is 0.906 bits per heavy atom. The molecule has 304 valence electrons.